The van der Waals surface area contributed by atoms with Gasteiger partial charge in [-0.1, -0.05) is 23.7 Å². The monoisotopic (exact) mass is 1020 g/mol. The molecule has 0 saturated carbocycles. The van der Waals surface area contributed by atoms with Gasteiger partial charge in [-0.15, -0.1) is 34.0 Å². The maximum absolute atomic E-state index is 12.1. The smallest absolute Gasteiger partial charge is 0.303 e. The number of carbonyl (C=O) groups is 8. The number of esters is 8. The molecule has 20 nitrogen and oxygen atoms in total. The molecule has 5 rings (SSSR count). The van der Waals surface area contributed by atoms with Gasteiger partial charge in [0.2, 0.25) is 0 Å². The summed E-state index contributed by atoms with van der Waals surface area (Å²) in [6, 6.07) is 9.55. The van der Waals surface area contributed by atoms with Gasteiger partial charge in [0.15, 0.2) is 49.2 Å². The lowest BCUT2D eigenvalue weighted by molar-refractivity contribution is -0.305. The van der Waals surface area contributed by atoms with Gasteiger partial charge in [-0.3, -0.25) is 38.4 Å². The van der Waals surface area contributed by atoms with Crippen LogP contribution in [0.25, 0.3) is 20.2 Å². The first-order valence-electron chi connectivity index (χ1n) is 20.9. The third kappa shape index (κ3) is 15.9. The quantitative estimate of drug-likeness (QED) is 0.111. The number of ether oxygens (including phenoxy) is 12. The molecule has 5 heterocycles. The van der Waals surface area contributed by atoms with Crippen LogP contribution in [0.2, 0.25) is 0 Å². The minimum Gasteiger partial charge on any atom is -0.463 e. The second kappa shape index (κ2) is 25.4. The highest BCUT2D eigenvalue weighted by Gasteiger charge is 2.54. The maximum atomic E-state index is 12.1. The molecule has 0 aliphatic carbocycles. The van der Waals surface area contributed by atoms with Crippen molar-refractivity contribution in [3.05, 3.63) is 45.5 Å². The molecule has 2 fully saturated rings. The Hall–Kier alpha value is -6.18. The van der Waals surface area contributed by atoms with Crippen molar-refractivity contribution in [3.8, 4) is 43.9 Å². The molecule has 0 amide bonds. The van der Waals surface area contributed by atoms with E-state index < -0.39 is 122 Å². The number of hydrogen-bond donors (Lipinski definition) is 0. The molecule has 0 bridgehead atoms. The van der Waals surface area contributed by atoms with Crippen LogP contribution in [0, 0.1) is 23.7 Å². The van der Waals surface area contributed by atoms with Crippen molar-refractivity contribution in [1.82, 2.24) is 0 Å². The molecule has 3 aromatic heterocycles. The number of carbonyl (C=O) groups excluding carboxylic acids is 8. The third-order valence-corrected chi connectivity index (χ3v) is 12.5. The van der Waals surface area contributed by atoms with Gasteiger partial charge in [-0.05, 0) is 35.7 Å². The van der Waals surface area contributed by atoms with Gasteiger partial charge in [0.1, 0.15) is 38.6 Å². The van der Waals surface area contributed by atoms with E-state index in [1.807, 2.05) is 35.7 Å². The Balaban J connectivity index is 1.26. The lowest BCUT2D eigenvalue weighted by Crippen LogP contribution is -2.63. The third-order valence-electron chi connectivity index (χ3n) is 9.33. The summed E-state index contributed by atoms with van der Waals surface area (Å²) in [4.78, 5) is 100. The Morgan fingerprint density at radius 1 is 0.478 bits per heavy atom. The van der Waals surface area contributed by atoms with E-state index in [0.29, 0.717) is 9.75 Å². The molecule has 2 aliphatic heterocycles. The van der Waals surface area contributed by atoms with Crippen molar-refractivity contribution in [2.75, 3.05) is 26.4 Å². The molecule has 0 aromatic carbocycles. The molecular weight excluding hydrogens is 969 g/mol. The van der Waals surface area contributed by atoms with Crippen LogP contribution in [0.3, 0.4) is 0 Å². The second-order valence-electron chi connectivity index (χ2n) is 14.9. The second-order valence-corrected chi connectivity index (χ2v) is 17.9. The van der Waals surface area contributed by atoms with E-state index in [4.69, 9.17) is 56.8 Å². The molecule has 2 aliphatic rings. The fraction of sp³-hybridized carbons (Fsp3) is 0.478. The van der Waals surface area contributed by atoms with Crippen LogP contribution in [0.1, 0.15) is 65.1 Å². The summed E-state index contributed by atoms with van der Waals surface area (Å²) in [6.07, 6.45) is -13.2. The predicted molar refractivity (Wildman–Crippen MR) is 241 cm³/mol. The highest BCUT2D eigenvalue weighted by molar-refractivity contribution is 7.22. The molecule has 3 aromatic rings. The summed E-state index contributed by atoms with van der Waals surface area (Å²) in [5, 5.41) is 1.96. The molecule has 69 heavy (non-hydrogen) atoms. The average Bonchev–Trinajstić information content (AvgIpc) is 4.04. The van der Waals surface area contributed by atoms with Gasteiger partial charge in [0.05, 0.1) is 14.6 Å². The summed E-state index contributed by atoms with van der Waals surface area (Å²) in [6.45, 7) is 7.84. The van der Waals surface area contributed by atoms with E-state index in [9.17, 15) is 38.4 Å². The zero-order valence-corrected chi connectivity index (χ0v) is 40.9. The Kier molecular flexibility index (Phi) is 19.8. The Labute approximate surface area is 408 Å². The SMILES string of the molecule is CC(=O)OC[C@H]1O[C@H](OCC#Cc2ccc(-c3ccsc3-c3ccc(C#CCO[C@H]4O[C@H](COC(C)=O)[C@@H](OC(C)=O)[C@H](OC(C)=O)[C@@H]4OC(C)=O)s3)s2)[C@@H](OC(C)=O)[C@@H](OC(C)=O)[C@@H]1OC(C)=O. The van der Waals surface area contributed by atoms with Crippen molar-refractivity contribution >= 4 is 81.8 Å². The van der Waals surface area contributed by atoms with E-state index in [-0.39, 0.29) is 13.2 Å². The fourth-order valence-corrected chi connectivity index (χ4v) is 9.82. The summed E-state index contributed by atoms with van der Waals surface area (Å²) in [5.41, 5.74) is 0.958. The first kappa shape index (κ1) is 53.8. The van der Waals surface area contributed by atoms with Crippen molar-refractivity contribution in [3.63, 3.8) is 0 Å². The van der Waals surface area contributed by atoms with Crippen molar-refractivity contribution < 1.29 is 95.2 Å². The maximum Gasteiger partial charge on any atom is 0.303 e. The van der Waals surface area contributed by atoms with Crippen molar-refractivity contribution in [2.24, 2.45) is 0 Å². The summed E-state index contributed by atoms with van der Waals surface area (Å²) in [5.74, 6) is 6.07. The van der Waals surface area contributed by atoms with Crippen LogP contribution in [0.15, 0.2) is 35.7 Å². The van der Waals surface area contributed by atoms with E-state index >= 15 is 0 Å². The first-order chi connectivity index (χ1) is 32.8. The van der Waals surface area contributed by atoms with Crippen LogP contribution >= 0.6 is 34.0 Å². The lowest BCUT2D eigenvalue weighted by Gasteiger charge is -2.43. The van der Waals surface area contributed by atoms with Gasteiger partial charge in [-0.2, -0.15) is 0 Å². The number of rotatable bonds is 16. The highest BCUT2D eigenvalue weighted by atomic mass is 32.1. The van der Waals surface area contributed by atoms with E-state index in [1.54, 1.807) is 0 Å². The standard InChI is InChI=1S/C46H48O20S3/c1-23(47)57-21-34-38(59-25(3)49)40(61-27(5)51)42(63-29(7)53)45(65-34)55-18-9-11-31-13-15-36(68-31)33-17-20-67-44(33)37-16-14-32(69-37)12-10-19-56-46-43(64-30(8)54)41(62-28(6)52)39(60-26(4)50)35(66-46)22-58-24(2)48/h13-17,20,34-35,38-43,45-46H,18-19,21-22H2,1-8H3/t34-,35-,38-,39-,40+,41+,42+,43+,45+,46+/m1/s1. The van der Waals surface area contributed by atoms with Gasteiger partial charge >= 0.3 is 47.8 Å². The van der Waals surface area contributed by atoms with E-state index in [2.05, 4.69) is 23.7 Å². The van der Waals surface area contributed by atoms with Crippen LogP contribution in [-0.4, -0.2) is 136 Å². The summed E-state index contributed by atoms with van der Waals surface area (Å²) in [7, 11) is 0. The minimum absolute atomic E-state index is 0.238. The van der Waals surface area contributed by atoms with Gasteiger partial charge in [-0.25, -0.2) is 0 Å². The largest absolute Gasteiger partial charge is 0.463 e. The van der Waals surface area contributed by atoms with Gasteiger partial charge in [0, 0.05) is 70.7 Å². The van der Waals surface area contributed by atoms with Crippen LogP contribution in [0.5, 0.6) is 0 Å². The van der Waals surface area contributed by atoms with Crippen LogP contribution in [0.4, 0.5) is 0 Å². The summed E-state index contributed by atoms with van der Waals surface area (Å²) < 4.78 is 66.5. The molecule has 0 N–H and O–H groups in total. The Morgan fingerprint density at radius 2 is 0.855 bits per heavy atom. The molecule has 0 unspecified atom stereocenters. The van der Waals surface area contributed by atoms with E-state index in [1.165, 1.54) is 47.9 Å². The predicted octanol–water partition coefficient (Wildman–Crippen LogP) is 4.11. The minimum atomic E-state index is -1.38. The van der Waals surface area contributed by atoms with Crippen molar-refractivity contribution in [1.29, 1.82) is 0 Å². The van der Waals surface area contributed by atoms with Gasteiger partial charge < -0.3 is 56.8 Å². The number of thiophene rings is 3. The zero-order chi connectivity index (χ0) is 50.4. The molecule has 0 radical (unpaired) electrons. The average molecular weight is 1020 g/mol. The summed E-state index contributed by atoms with van der Waals surface area (Å²) >= 11 is 4.40. The Morgan fingerprint density at radius 3 is 1.26 bits per heavy atom. The topological polar surface area (TPSA) is 247 Å². The molecule has 370 valence electrons. The zero-order valence-electron chi connectivity index (χ0n) is 38.5. The van der Waals surface area contributed by atoms with Crippen LogP contribution in [-0.2, 0) is 95.2 Å². The molecule has 10 atom stereocenters. The lowest BCUT2D eigenvalue weighted by atomic mass is 9.98. The van der Waals surface area contributed by atoms with Crippen molar-refractivity contribution in [2.45, 2.75) is 117 Å². The van der Waals surface area contributed by atoms with E-state index in [0.717, 1.165) is 61.7 Å². The highest BCUT2D eigenvalue weighted by Crippen LogP contribution is 2.42. The van der Waals surface area contributed by atoms with Crippen LogP contribution < -0.4 is 0 Å². The number of hydrogen-bond acceptors (Lipinski definition) is 23. The Bertz CT molecular complexity index is 2320. The molecular formula is C46H48O20S3. The molecule has 2 saturated heterocycles. The fourth-order valence-electron chi connectivity index (χ4n) is 6.91. The molecule has 0 spiro atoms. The van der Waals surface area contributed by atoms with Gasteiger partial charge in [0.25, 0.3) is 0 Å². The molecule has 23 heteroatoms. The first-order valence-corrected chi connectivity index (χ1v) is 23.4. The normalized spacial score (nSPS) is 23.8.